The molecular formula is C9H14BrNO. The summed E-state index contributed by atoms with van der Waals surface area (Å²) in [6.45, 7) is 1.95. The second kappa shape index (κ2) is 5.36. The van der Waals surface area contributed by atoms with Crippen LogP contribution in [0.1, 0.15) is 30.7 Å². The number of unbranched alkanes of at least 4 members (excludes halogenated alkanes) is 2. The summed E-state index contributed by atoms with van der Waals surface area (Å²) in [7, 11) is 0. The average molecular weight is 232 g/mol. The molecule has 1 aromatic heterocycles. The third-order valence-electron chi connectivity index (χ3n) is 1.73. The fraction of sp³-hybridized carbons (Fsp3) is 0.667. The van der Waals surface area contributed by atoms with Crippen molar-refractivity contribution < 1.29 is 4.52 Å². The smallest absolute Gasteiger partial charge is 0.136 e. The first-order valence-corrected chi connectivity index (χ1v) is 5.43. The molecule has 68 valence electrons. The van der Waals surface area contributed by atoms with E-state index in [0.29, 0.717) is 0 Å². The Kier molecular flexibility index (Phi) is 4.36. The summed E-state index contributed by atoms with van der Waals surface area (Å²) in [5.41, 5.74) is 0.977. The van der Waals surface area contributed by atoms with Crippen molar-refractivity contribution in [2.24, 2.45) is 0 Å². The first kappa shape index (κ1) is 9.78. The van der Waals surface area contributed by atoms with Crippen LogP contribution in [0.5, 0.6) is 0 Å². The van der Waals surface area contributed by atoms with E-state index in [9.17, 15) is 0 Å². The van der Waals surface area contributed by atoms with Gasteiger partial charge in [0.05, 0.1) is 5.69 Å². The van der Waals surface area contributed by atoms with Gasteiger partial charge in [-0.05, 0) is 19.8 Å². The summed E-state index contributed by atoms with van der Waals surface area (Å²) in [6.07, 6.45) is 4.71. The van der Waals surface area contributed by atoms with E-state index < -0.39 is 0 Å². The van der Waals surface area contributed by atoms with E-state index in [4.69, 9.17) is 4.52 Å². The van der Waals surface area contributed by atoms with Crippen molar-refractivity contribution in [1.29, 1.82) is 0 Å². The molecule has 0 aliphatic rings. The van der Waals surface area contributed by atoms with Gasteiger partial charge < -0.3 is 4.52 Å². The van der Waals surface area contributed by atoms with E-state index in [1.54, 1.807) is 0 Å². The molecule has 0 saturated heterocycles. The van der Waals surface area contributed by atoms with Gasteiger partial charge in [-0.2, -0.15) is 0 Å². The Morgan fingerprint density at radius 1 is 1.42 bits per heavy atom. The van der Waals surface area contributed by atoms with Gasteiger partial charge in [0.1, 0.15) is 5.76 Å². The maximum atomic E-state index is 5.08. The first-order valence-electron chi connectivity index (χ1n) is 4.31. The second-order valence-electron chi connectivity index (χ2n) is 2.93. The number of rotatable bonds is 5. The van der Waals surface area contributed by atoms with Crippen molar-refractivity contribution in [3.63, 3.8) is 0 Å². The van der Waals surface area contributed by atoms with Crippen LogP contribution >= 0.6 is 15.9 Å². The predicted octanol–water partition coefficient (Wildman–Crippen LogP) is 3.09. The molecule has 0 aromatic carbocycles. The average Bonchev–Trinajstić information content (AvgIpc) is 2.45. The summed E-state index contributed by atoms with van der Waals surface area (Å²) in [4.78, 5) is 0. The van der Waals surface area contributed by atoms with Crippen molar-refractivity contribution in [3.05, 3.63) is 17.5 Å². The normalized spacial score (nSPS) is 10.5. The molecule has 0 atom stereocenters. The highest BCUT2D eigenvalue weighted by Crippen LogP contribution is 2.08. The van der Waals surface area contributed by atoms with Gasteiger partial charge in [0.2, 0.25) is 0 Å². The second-order valence-corrected chi connectivity index (χ2v) is 3.73. The summed E-state index contributed by atoms with van der Waals surface area (Å²) in [6, 6.07) is 2.01. The minimum atomic E-state index is 0.977. The van der Waals surface area contributed by atoms with E-state index in [0.717, 1.165) is 23.2 Å². The van der Waals surface area contributed by atoms with Gasteiger partial charge in [-0.3, -0.25) is 0 Å². The third kappa shape index (κ3) is 3.39. The molecule has 0 amide bonds. The third-order valence-corrected chi connectivity index (χ3v) is 2.29. The van der Waals surface area contributed by atoms with Gasteiger partial charge in [0, 0.05) is 17.8 Å². The number of hydrogen-bond acceptors (Lipinski definition) is 2. The van der Waals surface area contributed by atoms with Crippen molar-refractivity contribution in [1.82, 2.24) is 5.16 Å². The molecule has 3 heteroatoms. The Labute approximate surface area is 81.5 Å². The molecule has 0 aliphatic carbocycles. The van der Waals surface area contributed by atoms with Crippen LogP contribution in [0.3, 0.4) is 0 Å². The Balaban J connectivity index is 2.15. The molecule has 0 N–H and O–H groups in total. The zero-order valence-corrected chi connectivity index (χ0v) is 8.93. The minimum Gasteiger partial charge on any atom is -0.361 e. The number of aromatic nitrogens is 1. The minimum absolute atomic E-state index is 0.977. The number of hydrogen-bond donors (Lipinski definition) is 0. The molecule has 0 spiro atoms. The topological polar surface area (TPSA) is 26.0 Å². The van der Waals surface area contributed by atoms with Crippen LogP contribution in [0.4, 0.5) is 0 Å². The molecule has 0 fully saturated rings. The van der Waals surface area contributed by atoms with Crippen molar-refractivity contribution in [2.75, 3.05) is 5.33 Å². The van der Waals surface area contributed by atoms with Gasteiger partial charge in [0.15, 0.2) is 0 Å². The highest BCUT2D eigenvalue weighted by molar-refractivity contribution is 9.09. The van der Waals surface area contributed by atoms with Crippen LogP contribution in [0, 0.1) is 6.92 Å². The Bertz CT molecular complexity index is 222. The molecule has 12 heavy (non-hydrogen) atoms. The molecule has 0 unspecified atom stereocenters. The van der Waals surface area contributed by atoms with Crippen LogP contribution in [-0.4, -0.2) is 10.5 Å². The maximum absolute atomic E-state index is 5.08. The highest BCUT2D eigenvalue weighted by Gasteiger charge is 1.99. The van der Waals surface area contributed by atoms with E-state index in [2.05, 4.69) is 21.1 Å². The van der Waals surface area contributed by atoms with Gasteiger partial charge in [-0.1, -0.05) is 27.5 Å². The lowest BCUT2D eigenvalue weighted by Gasteiger charge is -1.93. The lowest BCUT2D eigenvalue weighted by atomic mass is 10.2. The molecule has 0 saturated carbocycles. The lowest BCUT2D eigenvalue weighted by Crippen LogP contribution is -1.83. The van der Waals surface area contributed by atoms with E-state index in [1.807, 2.05) is 13.0 Å². The van der Waals surface area contributed by atoms with Gasteiger partial charge in [0.25, 0.3) is 0 Å². The van der Waals surface area contributed by atoms with E-state index in [-0.39, 0.29) is 0 Å². The van der Waals surface area contributed by atoms with Crippen LogP contribution < -0.4 is 0 Å². The van der Waals surface area contributed by atoms with Crippen molar-refractivity contribution in [2.45, 2.75) is 32.6 Å². The number of halogens is 1. The SMILES string of the molecule is Cc1cc(CCCCCBr)on1. The van der Waals surface area contributed by atoms with Gasteiger partial charge in [-0.15, -0.1) is 0 Å². The standard InChI is InChI=1S/C9H14BrNO/c1-8-7-9(12-11-8)5-3-2-4-6-10/h7H,2-6H2,1H3. The van der Waals surface area contributed by atoms with E-state index in [1.165, 1.54) is 19.3 Å². The largest absolute Gasteiger partial charge is 0.361 e. The number of alkyl halides is 1. The van der Waals surface area contributed by atoms with Crippen LogP contribution in [0.25, 0.3) is 0 Å². The Hall–Kier alpha value is -0.310. The lowest BCUT2D eigenvalue weighted by molar-refractivity contribution is 0.376. The summed E-state index contributed by atoms with van der Waals surface area (Å²) in [5.74, 6) is 1.02. The zero-order valence-electron chi connectivity index (χ0n) is 7.35. The number of aryl methyl sites for hydroxylation is 2. The molecule has 1 aromatic rings. The first-order chi connectivity index (χ1) is 5.83. The van der Waals surface area contributed by atoms with Crippen LogP contribution in [-0.2, 0) is 6.42 Å². The molecule has 0 bridgehead atoms. The Morgan fingerprint density at radius 3 is 2.83 bits per heavy atom. The summed E-state index contributed by atoms with van der Waals surface area (Å²) >= 11 is 3.40. The molecular weight excluding hydrogens is 218 g/mol. The van der Waals surface area contributed by atoms with Crippen LogP contribution in [0.15, 0.2) is 10.6 Å². The Morgan fingerprint density at radius 2 is 2.25 bits per heavy atom. The van der Waals surface area contributed by atoms with Gasteiger partial charge in [-0.25, -0.2) is 0 Å². The highest BCUT2D eigenvalue weighted by atomic mass is 79.9. The molecule has 0 radical (unpaired) electrons. The molecule has 0 aliphatic heterocycles. The fourth-order valence-corrected chi connectivity index (χ4v) is 1.50. The van der Waals surface area contributed by atoms with Crippen LogP contribution in [0.2, 0.25) is 0 Å². The maximum Gasteiger partial charge on any atom is 0.136 e. The van der Waals surface area contributed by atoms with Gasteiger partial charge >= 0.3 is 0 Å². The monoisotopic (exact) mass is 231 g/mol. The predicted molar refractivity (Wildman–Crippen MR) is 52.6 cm³/mol. The van der Waals surface area contributed by atoms with E-state index >= 15 is 0 Å². The zero-order chi connectivity index (χ0) is 8.81. The molecule has 1 heterocycles. The quantitative estimate of drug-likeness (QED) is 0.575. The molecule has 2 nitrogen and oxygen atoms in total. The fourth-order valence-electron chi connectivity index (χ4n) is 1.10. The number of nitrogens with zero attached hydrogens (tertiary/aromatic N) is 1. The summed E-state index contributed by atoms with van der Waals surface area (Å²) in [5, 5.41) is 4.93. The van der Waals surface area contributed by atoms with Crippen molar-refractivity contribution >= 4 is 15.9 Å². The van der Waals surface area contributed by atoms with Crippen molar-refractivity contribution in [3.8, 4) is 0 Å². The summed E-state index contributed by atoms with van der Waals surface area (Å²) < 4.78 is 5.08. The molecule has 1 rings (SSSR count).